The zero-order valence-electron chi connectivity index (χ0n) is 15.5. The van der Waals surface area contributed by atoms with E-state index in [0.717, 1.165) is 43.6 Å². The number of halogens is 1. The lowest BCUT2D eigenvalue weighted by Crippen LogP contribution is -2.45. The van der Waals surface area contributed by atoms with Crippen molar-refractivity contribution in [3.05, 3.63) is 59.4 Å². The second-order valence-corrected chi connectivity index (χ2v) is 7.04. The van der Waals surface area contributed by atoms with Crippen molar-refractivity contribution >= 4 is 0 Å². The maximum absolute atomic E-state index is 13.9. The van der Waals surface area contributed by atoms with Gasteiger partial charge in [-0.15, -0.1) is 0 Å². The van der Waals surface area contributed by atoms with Crippen molar-refractivity contribution in [2.45, 2.75) is 32.0 Å². The van der Waals surface area contributed by atoms with Crippen LogP contribution in [0.3, 0.4) is 0 Å². The van der Waals surface area contributed by atoms with Gasteiger partial charge in [-0.25, -0.2) is 4.39 Å². The van der Waals surface area contributed by atoms with Gasteiger partial charge in [-0.2, -0.15) is 0 Å². The maximum atomic E-state index is 13.9. The highest BCUT2D eigenvalue weighted by Gasteiger charge is 2.24. The third-order valence-electron chi connectivity index (χ3n) is 5.13. The van der Waals surface area contributed by atoms with Gasteiger partial charge in [0.1, 0.15) is 5.82 Å². The summed E-state index contributed by atoms with van der Waals surface area (Å²) in [5, 5.41) is 9.96. The summed E-state index contributed by atoms with van der Waals surface area (Å²) in [6.07, 6.45) is 2.24. The minimum Gasteiger partial charge on any atom is -0.504 e. The van der Waals surface area contributed by atoms with Gasteiger partial charge in [-0.05, 0) is 50.2 Å². The summed E-state index contributed by atoms with van der Waals surface area (Å²) in [6.45, 7) is 3.34. The highest BCUT2D eigenvalue weighted by molar-refractivity contribution is 5.41. The molecule has 0 aliphatic carbocycles. The molecule has 3 rings (SSSR count). The van der Waals surface area contributed by atoms with E-state index in [1.54, 1.807) is 25.3 Å². The summed E-state index contributed by atoms with van der Waals surface area (Å²) in [5.74, 6) is 0.532. The number of hydrogen-bond acceptors (Lipinski definition) is 4. The van der Waals surface area contributed by atoms with Crippen molar-refractivity contribution in [2.24, 2.45) is 0 Å². The van der Waals surface area contributed by atoms with Gasteiger partial charge in [0.15, 0.2) is 11.5 Å². The normalized spacial score (nSPS) is 18.2. The summed E-state index contributed by atoms with van der Waals surface area (Å²) in [6, 6.07) is 13.0. The molecule has 1 heterocycles. The van der Waals surface area contributed by atoms with Crippen LogP contribution in [0.2, 0.25) is 0 Å². The SMILES string of the molecule is COc1ccc(CN(C)[C@@H]2CCCN(Cc3ccccc3F)C2)cc1O. The molecular weight excluding hydrogens is 331 g/mol. The Labute approximate surface area is 154 Å². The number of aromatic hydroxyl groups is 1. The quantitative estimate of drug-likeness (QED) is 0.855. The number of ether oxygens (including phenoxy) is 1. The molecule has 140 valence electrons. The molecule has 1 aliphatic rings. The highest BCUT2D eigenvalue weighted by Crippen LogP contribution is 2.27. The van der Waals surface area contributed by atoms with Crippen molar-refractivity contribution in [1.82, 2.24) is 9.80 Å². The second kappa shape index (κ2) is 8.52. The van der Waals surface area contributed by atoms with Gasteiger partial charge in [-0.3, -0.25) is 9.80 Å². The summed E-state index contributed by atoms with van der Waals surface area (Å²) in [7, 11) is 3.66. The van der Waals surface area contributed by atoms with Crippen LogP contribution in [0, 0.1) is 5.82 Å². The number of nitrogens with zero attached hydrogens (tertiary/aromatic N) is 2. The molecule has 0 amide bonds. The van der Waals surface area contributed by atoms with Crippen LogP contribution in [-0.2, 0) is 13.1 Å². The molecule has 1 aliphatic heterocycles. The van der Waals surface area contributed by atoms with Crippen LogP contribution in [0.25, 0.3) is 0 Å². The predicted octanol–water partition coefficient (Wildman–Crippen LogP) is 3.64. The number of benzene rings is 2. The Morgan fingerprint density at radius 3 is 2.81 bits per heavy atom. The number of piperidine rings is 1. The average Bonchev–Trinajstić information content (AvgIpc) is 2.64. The van der Waals surface area contributed by atoms with Gasteiger partial charge in [0.2, 0.25) is 0 Å². The van der Waals surface area contributed by atoms with E-state index >= 15 is 0 Å². The Kier molecular flexibility index (Phi) is 6.12. The molecule has 2 aromatic rings. The third-order valence-corrected chi connectivity index (χ3v) is 5.13. The lowest BCUT2D eigenvalue weighted by atomic mass is 10.0. The fraction of sp³-hybridized carbons (Fsp3) is 0.429. The molecule has 26 heavy (non-hydrogen) atoms. The van der Waals surface area contributed by atoms with E-state index in [4.69, 9.17) is 4.74 Å². The van der Waals surface area contributed by atoms with Gasteiger partial charge >= 0.3 is 0 Å². The Hall–Kier alpha value is -2.11. The monoisotopic (exact) mass is 358 g/mol. The zero-order valence-corrected chi connectivity index (χ0v) is 15.5. The molecule has 2 aromatic carbocycles. The minimum atomic E-state index is -0.128. The van der Waals surface area contributed by atoms with E-state index in [1.165, 1.54) is 6.07 Å². The van der Waals surface area contributed by atoms with E-state index in [0.29, 0.717) is 18.3 Å². The molecule has 5 heteroatoms. The third kappa shape index (κ3) is 4.54. The van der Waals surface area contributed by atoms with Gasteiger partial charge < -0.3 is 9.84 Å². The van der Waals surface area contributed by atoms with E-state index in [-0.39, 0.29) is 11.6 Å². The fourth-order valence-electron chi connectivity index (χ4n) is 3.65. The van der Waals surface area contributed by atoms with Crippen molar-refractivity contribution in [3.8, 4) is 11.5 Å². The first-order valence-electron chi connectivity index (χ1n) is 9.08. The van der Waals surface area contributed by atoms with Crippen LogP contribution in [0.4, 0.5) is 4.39 Å². The Bertz CT molecular complexity index is 738. The average molecular weight is 358 g/mol. The van der Waals surface area contributed by atoms with Crippen LogP contribution >= 0.6 is 0 Å². The number of likely N-dealkylation sites (tertiary alicyclic amines) is 1. The van der Waals surface area contributed by atoms with Gasteiger partial charge in [0.05, 0.1) is 7.11 Å². The molecule has 0 radical (unpaired) electrons. The van der Waals surface area contributed by atoms with Crippen LogP contribution in [0.15, 0.2) is 42.5 Å². The van der Waals surface area contributed by atoms with Crippen LogP contribution in [0.1, 0.15) is 24.0 Å². The molecular formula is C21H27FN2O2. The molecule has 1 atom stereocenters. The summed E-state index contributed by atoms with van der Waals surface area (Å²) < 4.78 is 19.0. The summed E-state index contributed by atoms with van der Waals surface area (Å²) >= 11 is 0. The van der Waals surface area contributed by atoms with Crippen molar-refractivity contribution in [2.75, 3.05) is 27.2 Å². The molecule has 0 unspecified atom stereocenters. The molecule has 1 N–H and O–H groups in total. The first-order valence-corrected chi connectivity index (χ1v) is 9.08. The number of phenols is 1. The smallest absolute Gasteiger partial charge is 0.160 e. The standard InChI is InChI=1S/C21H27FN2O2/c1-23(13-16-9-10-21(26-2)20(25)12-16)18-7-5-11-24(15-18)14-17-6-3-4-8-19(17)22/h3-4,6,8-10,12,18,25H,5,7,11,13-15H2,1-2H3/t18-/m1/s1. The van der Waals surface area contributed by atoms with E-state index in [1.807, 2.05) is 18.2 Å². The Morgan fingerprint density at radius 1 is 1.27 bits per heavy atom. The number of hydrogen-bond donors (Lipinski definition) is 1. The lowest BCUT2D eigenvalue weighted by Gasteiger charge is -2.37. The van der Waals surface area contributed by atoms with E-state index in [2.05, 4.69) is 16.8 Å². The highest BCUT2D eigenvalue weighted by atomic mass is 19.1. The first-order chi connectivity index (χ1) is 12.6. The first kappa shape index (κ1) is 18.7. The zero-order chi connectivity index (χ0) is 18.5. The second-order valence-electron chi connectivity index (χ2n) is 7.04. The maximum Gasteiger partial charge on any atom is 0.160 e. The molecule has 1 fully saturated rings. The van der Waals surface area contributed by atoms with Crippen LogP contribution in [0.5, 0.6) is 11.5 Å². The number of methoxy groups -OCH3 is 1. The minimum absolute atomic E-state index is 0.128. The number of likely N-dealkylation sites (N-methyl/N-ethyl adjacent to an activating group) is 1. The van der Waals surface area contributed by atoms with Gasteiger partial charge in [0.25, 0.3) is 0 Å². The van der Waals surface area contributed by atoms with Crippen molar-refractivity contribution in [1.29, 1.82) is 0 Å². The van der Waals surface area contributed by atoms with E-state index in [9.17, 15) is 9.50 Å². The van der Waals surface area contributed by atoms with Gasteiger partial charge in [0, 0.05) is 31.2 Å². The predicted molar refractivity (Wildman–Crippen MR) is 101 cm³/mol. The lowest BCUT2D eigenvalue weighted by molar-refractivity contribution is 0.106. The largest absolute Gasteiger partial charge is 0.504 e. The fourth-order valence-corrected chi connectivity index (χ4v) is 3.65. The Morgan fingerprint density at radius 2 is 2.08 bits per heavy atom. The summed E-state index contributed by atoms with van der Waals surface area (Å²) in [4.78, 5) is 4.64. The number of rotatable bonds is 6. The molecule has 0 aromatic heterocycles. The van der Waals surface area contributed by atoms with Crippen molar-refractivity contribution in [3.63, 3.8) is 0 Å². The molecule has 4 nitrogen and oxygen atoms in total. The molecule has 1 saturated heterocycles. The van der Waals surface area contributed by atoms with Crippen LogP contribution in [-0.4, -0.2) is 48.2 Å². The number of phenolic OH excluding ortho intramolecular Hbond substituents is 1. The molecule has 0 bridgehead atoms. The van der Waals surface area contributed by atoms with Crippen LogP contribution < -0.4 is 4.74 Å². The Balaban J connectivity index is 1.60. The van der Waals surface area contributed by atoms with E-state index < -0.39 is 0 Å². The molecule has 0 saturated carbocycles. The van der Waals surface area contributed by atoms with Gasteiger partial charge in [-0.1, -0.05) is 24.3 Å². The molecule has 0 spiro atoms. The summed E-state index contributed by atoms with van der Waals surface area (Å²) in [5.41, 5.74) is 1.81. The topological polar surface area (TPSA) is 35.9 Å². The van der Waals surface area contributed by atoms with Crippen molar-refractivity contribution < 1.29 is 14.2 Å².